The molecule has 2 aromatic heterocycles. The summed E-state index contributed by atoms with van der Waals surface area (Å²) in [4.78, 5) is 11.8. The molecule has 0 amide bonds. The van der Waals surface area contributed by atoms with E-state index in [0.29, 0.717) is 30.5 Å². The molecule has 0 fully saturated rings. The maximum atomic E-state index is 12.5. The van der Waals surface area contributed by atoms with Crippen LogP contribution in [-0.2, 0) is 19.0 Å². The van der Waals surface area contributed by atoms with Crippen LogP contribution in [0.3, 0.4) is 0 Å². The van der Waals surface area contributed by atoms with E-state index in [1.165, 1.54) is 5.56 Å². The average Bonchev–Trinajstić information content (AvgIpc) is 3.04. The zero-order valence-electron chi connectivity index (χ0n) is 14.0. The molecular weight excluding hydrogens is 351 g/mol. The van der Waals surface area contributed by atoms with Crippen molar-refractivity contribution in [3.8, 4) is 0 Å². The van der Waals surface area contributed by atoms with Crippen molar-refractivity contribution >= 4 is 17.3 Å². The number of aromatic nitrogens is 2. The number of aliphatic imine (C=N–C) groups is 1. The van der Waals surface area contributed by atoms with Gasteiger partial charge in [0, 0.05) is 44.3 Å². The Morgan fingerprint density at radius 1 is 1.24 bits per heavy atom. The Bertz CT molecular complexity index is 712. The van der Waals surface area contributed by atoms with Gasteiger partial charge in [-0.3, -0.25) is 9.98 Å². The van der Waals surface area contributed by atoms with Gasteiger partial charge in [-0.1, -0.05) is 0 Å². The Labute approximate surface area is 148 Å². The molecule has 0 aliphatic rings. The van der Waals surface area contributed by atoms with Gasteiger partial charge < -0.3 is 10.6 Å². The predicted octanol–water partition coefficient (Wildman–Crippen LogP) is 2.82. The quantitative estimate of drug-likeness (QED) is 0.606. The van der Waals surface area contributed by atoms with Crippen LogP contribution in [0.2, 0.25) is 0 Å². The third-order valence-corrected chi connectivity index (χ3v) is 4.43. The van der Waals surface area contributed by atoms with Crippen molar-refractivity contribution in [2.45, 2.75) is 25.9 Å². The number of pyridine rings is 1. The maximum Gasteiger partial charge on any atom is 0.434 e. The van der Waals surface area contributed by atoms with E-state index in [0.717, 1.165) is 28.7 Å². The molecule has 9 heteroatoms. The number of thiazole rings is 1. The lowest BCUT2D eigenvalue weighted by Gasteiger charge is -2.12. The van der Waals surface area contributed by atoms with Crippen molar-refractivity contribution in [1.29, 1.82) is 0 Å². The molecule has 2 rings (SSSR count). The van der Waals surface area contributed by atoms with Crippen LogP contribution in [-0.4, -0.2) is 36.1 Å². The van der Waals surface area contributed by atoms with Crippen molar-refractivity contribution in [1.82, 2.24) is 20.6 Å². The molecule has 25 heavy (non-hydrogen) atoms. The summed E-state index contributed by atoms with van der Waals surface area (Å²) in [5, 5.41) is 7.75. The van der Waals surface area contributed by atoms with E-state index in [2.05, 4.69) is 25.6 Å². The van der Waals surface area contributed by atoms with Gasteiger partial charge in [-0.2, -0.15) is 13.2 Å². The van der Waals surface area contributed by atoms with Crippen molar-refractivity contribution in [3.05, 3.63) is 45.7 Å². The summed E-state index contributed by atoms with van der Waals surface area (Å²) in [6, 6.07) is 1.98. The molecule has 0 aromatic carbocycles. The fraction of sp³-hybridized carbons (Fsp3) is 0.438. The Morgan fingerprint density at radius 2 is 1.96 bits per heavy atom. The van der Waals surface area contributed by atoms with Gasteiger partial charge in [0.25, 0.3) is 0 Å². The zero-order chi connectivity index (χ0) is 18.3. The average molecular weight is 371 g/mol. The van der Waals surface area contributed by atoms with Crippen LogP contribution in [0.25, 0.3) is 0 Å². The number of rotatable bonds is 6. The summed E-state index contributed by atoms with van der Waals surface area (Å²) in [5.74, 6) is 0.610. The third kappa shape index (κ3) is 6.00. The summed E-state index contributed by atoms with van der Waals surface area (Å²) in [6.45, 7) is 3.16. The fourth-order valence-electron chi connectivity index (χ4n) is 2.16. The summed E-state index contributed by atoms with van der Waals surface area (Å²) in [5.41, 5.74) is 1.51. The summed E-state index contributed by atoms with van der Waals surface area (Å²) >= 11 is 1.02. The van der Waals surface area contributed by atoms with E-state index in [4.69, 9.17) is 0 Å². The summed E-state index contributed by atoms with van der Waals surface area (Å²) in [6.07, 6.45) is 0.441. The normalized spacial score (nSPS) is 12.3. The molecule has 0 saturated heterocycles. The molecule has 5 nitrogen and oxygen atoms in total. The SMILES string of the molecule is CN=C(NCCc1nc(C(F)(F)F)cs1)NCCc1ccncc1C. The van der Waals surface area contributed by atoms with Crippen molar-refractivity contribution in [2.75, 3.05) is 20.1 Å². The van der Waals surface area contributed by atoms with Gasteiger partial charge in [0.2, 0.25) is 0 Å². The first-order valence-electron chi connectivity index (χ1n) is 7.75. The first-order valence-corrected chi connectivity index (χ1v) is 8.63. The molecule has 2 N–H and O–H groups in total. The van der Waals surface area contributed by atoms with Crippen LogP contribution in [0.4, 0.5) is 13.2 Å². The molecule has 0 radical (unpaired) electrons. The number of halogens is 3. The minimum absolute atomic E-state index is 0.408. The standard InChI is InChI=1S/C16H20F3N5S/c1-11-9-21-6-3-12(11)4-7-22-15(20-2)23-8-5-14-24-13(10-25-14)16(17,18)19/h3,6,9-10H,4-5,7-8H2,1-2H3,(H2,20,22,23). The minimum Gasteiger partial charge on any atom is -0.356 e. The molecule has 0 atom stereocenters. The molecule has 0 bridgehead atoms. The highest BCUT2D eigenvalue weighted by molar-refractivity contribution is 7.09. The molecule has 0 unspecified atom stereocenters. The highest BCUT2D eigenvalue weighted by atomic mass is 32.1. The smallest absolute Gasteiger partial charge is 0.356 e. The summed E-state index contributed by atoms with van der Waals surface area (Å²) in [7, 11) is 1.65. The fourth-order valence-corrected chi connectivity index (χ4v) is 2.97. The lowest BCUT2D eigenvalue weighted by atomic mass is 10.1. The van der Waals surface area contributed by atoms with Crippen molar-refractivity contribution in [3.63, 3.8) is 0 Å². The number of guanidine groups is 1. The first-order chi connectivity index (χ1) is 11.9. The Balaban J connectivity index is 1.73. The second-order valence-corrected chi connectivity index (χ2v) is 6.29. The molecule has 2 aromatic rings. The van der Waals surface area contributed by atoms with Crippen molar-refractivity contribution in [2.24, 2.45) is 4.99 Å². The maximum absolute atomic E-state index is 12.5. The van der Waals surface area contributed by atoms with Crippen LogP contribution < -0.4 is 10.6 Å². The molecule has 0 saturated carbocycles. The van der Waals surface area contributed by atoms with E-state index in [-0.39, 0.29) is 0 Å². The molecule has 136 valence electrons. The molecule has 0 aliphatic heterocycles. The molecule has 0 aliphatic carbocycles. The summed E-state index contributed by atoms with van der Waals surface area (Å²) < 4.78 is 37.5. The number of alkyl halides is 3. The number of hydrogen-bond acceptors (Lipinski definition) is 4. The number of nitrogens with one attached hydrogen (secondary N) is 2. The van der Waals surface area contributed by atoms with Gasteiger partial charge in [0.05, 0.1) is 5.01 Å². The van der Waals surface area contributed by atoms with Crippen LogP contribution >= 0.6 is 11.3 Å². The monoisotopic (exact) mass is 371 g/mol. The van der Waals surface area contributed by atoms with E-state index in [1.54, 1.807) is 13.2 Å². The Hall–Kier alpha value is -2.16. The zero-order valence-corrected chi connectivity index (χ0v) is 14.8. The van der Waals surface area contributed by atoms with E-state index >= 15 is 0 Å². The molecule has 2 heterocycles. The largest absolute Gasteiger partial charge is 0.434 e. The lowest BCUT2D eigenvalue weighted by molar-refractivity contribution is -0.140. The van der Waals surface area contributed by atoms with E-state index < -0.39 is 11.9 Å². The van der Waals surface area contributed by atoms with E-state index in [1.807, 2.05) is 19.2 Å². The van der Waals surface area contributed by atoms with Crippen LogP contribution in [0.15, 0.2) is 28.8 Å². The Kier molecular flexibility index (Phi) is 6.74. The molecular formula is C16H20F3N5S. The highest BCUT2D eigenvalue weighted by Crippen LogP contribution is 2.29. The topological polar surface area (TPSA) is 62.2 Å². The van der Waals surface area contributed by atoms with Gasteiger partial charge in [-0.15, -0.1) is 11.3 Å². The highest BCUT2D eigenvalue weighted by Gasteiger charge is 2.33. The van der Waals surface area contributed by atoms with Crippen LogP contribution in [0.5, 0.6) is 0 Å². The van der Waals surface area contributed by atoms with Crippen molar-refractivity contribution < 1.29 is 13.2 Å². The van der Waals surface area contributed by atoms with Crippen LogP contribution in [0, 0.1) is 6.92 Å². The number of hydrogen-bond donors (Lipinski definition) is 2. The number of aryl methyl sites for hydroxylation is 1. The number of nitrogens with zero attached hydrogens (tertiary/aromatic N) is 3. The van der Waals surface area contributed by atoms with Gasteiger partial charge in [-0.05, 0) is 30.5 Å². The second-order valence-electron chi connectivity index (χ2n) is 5.35. The molecule has 0 spiro atoms. The Morgan fingerprint density at radius 3 is 2.56 bits per heavy atom. The van der Waals surface area contributed by atoms with Gasteiger partial charge in [0.1, 0.15) is 0 Å². The lowest BCUT2D eigenvalue weighted by Crippen LogP contribution is -2.39. The van der Waals surface area contributed by atoms with Crippen LogP contribution in [0.1, 0.15) is 21.8 Å². The predicted molar refractivity (Wildman–Crippen MR) is 92.9 cm³/mol. The third-order valence-electron chi connectivity index (χ3n) is 3.52. The first kappa shape index (κ1) is 19.2. The van der Waals surface area contributed by atoms with Gasteiger partial charge in [0.15, 0.2) is 11.7 Å². The second kappa shape index (κ2) is 8.80. The van der Waals surface area contributed by atoms with E-state index in [9.17, 15) is 13.2 Å². The van der Waals surface area contributed by atoms with Gasteiger partial charge in [-0.25, -0.2) is 4.98 Å². The minimum atomic E-state index is -4.38. The van der Waals surface area contributed by atoms with Gasteiger partial charge >= 0.3 is 6.18 Å².